The Hall–Kier alpha value is -1.60. The molecule has 1 aromatic carbocycles. The summed E-state index contributed by atoms with van der Waals surface area (Å²) in [5.74, 6) is -1.91. The van der Waals surface area contributed by atoms with Crippen LogP contribution in [-0.2, 0) is 6.54 Å². The minimum absolute atomic E-state index is 0.114. The average molecular weight is 271 g/mol. The lowest BCUT2D eigenvalue weighted by Crippen LogP contribution is -2.31. The highest BCUT2D eigenvalue weighted by molar-refractivity contribution is 5.37. The molecule has 7 heteroatoms. The van der Waals surface area contributed by atoms with E-state index in [0.717, 1.165) is 25.6 Å². The lowest BCUT2D eigenvalue weighted by Gasteiger charge is -2.13. The predicted octanol–water partition coefficient (Wildman–Crippen LogP) is 1.67. The minimum atomic E-state index is -1.15. The molecule has 19 heavy (non-hydrogen) atoms. The molecule has 1 saturated heterocycles. The Bertz CT molecular complexity index is 496. The molecule has 0 radical (unpaired) electrons. The summed E-state index contributed by atoms with van der Waals surface area (Å²) < 4.78 is 26.7. The average Bonchev–Trinajstić information content (AvgIpc) is 2.73. The first kappa shape index (κ1) is 13.8. The number of nitrogens with one attached hydrogen (secondary N) is 1. The van der Waals surface area contributed by atoms with Gasteiger partial charge in [-0.2, -0.15) is 4.39 Å². The molecule has 0 spiro atoms. The van der Waals surface area contributed by atoms with E-state index in [9.17, 15) is 18.9 Å². The van der Waals surface area contributed by atoms with Gasteiger partial charge in [0.1, 0.15) is 5.82 Å². The second-order valence-corrected chi connectivity index (χ2v) is 4.78. The molecule has 0 saturated carbocycles. The Balaban J connectivity index is 2.07. The summed E-state index contributed by atoms with van der Waals surface area (Å²) in [7, 11) is 1.99. The molecule has 1 aromatic rings. The van der Waals surface area contributed by atoms with E-state index in [1.165, 1.54) is 0 Å². The van der Waals surface area contributed by atoms with Gasteiger partial charge in [-0.3, -0.25) is 10.1 Å². The van der Waals surface area contributed by atoms with E-state index < -0.39 is 22.2 Å². The molecule has 0 bridgehead atoms. The van der Waals surface area contributed by atoms with Crippen molar-refractivity contribution in [3.05, 3.63) is 39.4 Å². The van der Waals surface area contributed by atoms with Crippen molar-refractivity contribution in [1.82, 2.24) is 10.2 Å². The summed E-state index contributed by atoms with van der Waals surface area (Å²) in [4.78, 5) is 11.9. The smallest absolute Gasteiger partial charge is 0.305 e. The monoisotopic (exact) mass is 271 g/mol. The van der Waals surface area contributed by atoms with Crippen molar-refractivity contribution in [3.63, 3.8) is 0 Å². The number of rotatable bonds is 4. The number of nitro benzene ring substituents is 1. The molecular weight excluding hydrogens is 256 g/mol. The van der Waals surface area contributed by atoms with Gasteiger partial charge in [-0.15, -0.1) is 0 Å². The predicted molar refractivity (Wildman–Crippen MR) is 65.8 cm³/mol. The van der Waals surface area contributed by atoms with Crippen LogP contribution in [0, 0.1) is 21.7 Å². The zero-order valence-electron chi connectivity index (χ0n) is 10.5. The third kappa shape index (κ3) is 3.24. The van der Waals surface area contributed by atoms with Gasteiger partial charge in [-0.05, 0) is 20.0 Å². The second kappa shape index (κ2) is 5.58. The van der Waals surface area contributed by atoms with Crippen molar-refractivity contribution >= 4 is 5.69 Å². The summed E-state index contributed by atoms with van der Waals surface area (Å²) in [5, 5.41) is 13.7. The number of halogens is 2. The van der Waals surface area contributed by atoms with E-state index in [1.807, 2.05) is 7.05 Å². The van der Waals surface area contributed by atoms with Gasteiger partial charge in [0.15, 0.2) is 0 Å². The van der Waals surface area contributed by atoms with Crippen LogP contribution in [0.25, 0.3) is 0 Å². The maximum absolute atomic E-state index is 13.5. The van der Waals surface area contributed by atoms with Crippen molar-refractivity contribution in [2.24, 2.45) is 0 Å². The lowest BCUT2D eigenvalue weighted by atomic mass is 10.1. The Morgan fingerprint density at radius 1 is 1.47 bits per heavy atom. The normalized spacial score (nSPS) is 19.8. The van der Waals surface area contributed by atoms with Gasteiger partial charge in [0, 0.05) is 36.8 Å². The molecule has 1 fully saturated rings. The lowest BCUT2D eigenvalue weighted by molar-refractivity contribution is -0.387. The molecular formula is C12H15F2N3O2. The SMILES string of the molecule is CN1CCC(NCc2cc([N+](=O)[O-])c(F)cc2F)C1. The van der Waals surface area contributed by atoms with Crippen LogP contribution >= 0.6 is 0 Å². The summed E-state index contributed by atoms with van der Waals surface area (Å²) in [5.41, 5.74) is -0.579. The van der Waals surface area contributed by atoms with Crippen LogP contribution in [0.4, 0.5) is 14.5 Å². The van der Waals surface area contributed by atoms with Crippen LogP contribution in [-0.4, -0.2) is 36.0 Å². The van der Waals surface area contributed by atoms with Crippen molar-refractivity contribution in [2.75, 3.05) is 20.1 Å². The van der Waals surface area contributed by atoms with E-state index in [4.69, 9.17) is 0 Å². The van der Waals surface area contributed by atoms with Crippen molar-refractivity contribution in [1.29, 1.82) is 0 Å². The van der Waals surface area contributed by atoms with E-state index >= 15 is 0 Å². The van der Waals surface area contributed by atoms with E-state index in [2.05, 4.69) is 10.2 Å². The van der Waals surface area contributed by atoms with Crippen LogP contribution in [0.15, 0.2) is 12.1 Å². The third-order valence-corrected chi connectivity index (χ3v) is 3.29. The number of hydrogen-bond donors (Lipinski definition) is 1. The Morgan fingerprint density at radius 3 is 2.79 bits per heavy atom. The Morgan fingerprint density at radius 2 is 2.21 bits per heavy atom. The first-order valence-corrected chi connectivity index (χ1v) is 6.01. The van der Waals surface area contributed by atoms with Gasteiger partial charge in [-0.1, -0.05) is 0 Å². The van der Waals surface area contributed by atoms with Gasteiger partial charge in [0.05, 0.1) is 4.92 Å². The molecule has 0 aliphatic carbocycles. The molecule has 0 amide bonds. The molecule has 104 valence electrons. The topological polar surface area (TPSA) is 58.4 Å². The van der Waals surface area contributed by atoms with Gasteiger partial charge in [0.2, 0.25) is 5.82 Å². The molecule has 0 aromatic heterocycles. The number of likely N-dealkylation sites (tertiary alicyclic amines) is 1. The Kier molecular flexibility index (Phi) is 4.06. The van der Waals surface area contributed by atoms with Gasteiger partial charge in [0.25, 0.3) is 0 Å². The Labute approximate surface area is 109 Å². The van der Waals surface area contributed by atoms with Crippen molar-refractivity contribution < 1.29 is 13.7 Å². The number of benzene rings is 1. The molecule has 1 unspecified atom stereocenters. The molecule has 1 aliphatic rings. The number of likely N-dealkylation sites (N-methyl/N-ethyl adjacent to an activating group) is 1. The highest BCUT2D eigenvalue weighted by Gasteiger charge is 2.21. The van der Waals surface area contributed by atoms with Crippen molar-refractivity contribution in [2.45, 2.75) is 19.0 Å². The maximum atomic E-state index is 13.5. The quantitative estimate of drug-likeness (QED) is 0.668. The molecule has 1 atom stereocenters. The highest BCUT2D eigenvalue weighted by Crippen LogP contribution is 2.21. The number of nitrogens with zero attached hydrogens (tertiary/aromatic N) is 2. The minimum Gasteiger partial charge on any atom is -0.308 e. The van der Waals surface area contributed by atoms with E-state index in [0.29, 0.717) is 6.07 Å². The van der Waals surface area contributed by atoms with Gasteiger partial charge in [-0.25, -0.2) is 4.39 Å². The summed E-state index contributed by atoms with van der Waals surface area (Å²) >= 11 is 0. The largest absolute Gasteiger partial charge is 0.308 e. The molecule has 2 rings (SSSR count). The van der Waals surface area contributed by atoms with Gasteiger partial charge < -0.3 is 10.2 Å². The first-order valence-electron chi connectivity index (χ1n) is 6.01. The van der Waals surface area contributed by atoms with Crippen LogP contribution in [0.3, 0.4) is 0 Å². The van der Waals surface area contributed by atoms with Crippen molar-refractivity contribution in [3.8, 4) is 0 Å². The fourth-order valence-corrected chi connectivity index (χ4v) is 2.21. The fraction of sp³-hybridized carbons (Fsp3) is 0.500. The summed E-state index contributed by atoms with van der Waals surface area (Å²) in [6.45, 7) is 1.97. The van der Waals surface area contributed by atoms with Crippen LogP contribution in [0.1, 0.15) is 12.0 Å². The standard InChI is InChI=1S/C12H15F2N3O2/c1-16-3-2-9(7-16)15-6-8-4-12(17(18)19)11(14)5-10(8)13/h4-5,9,15H,2-3,6-7H2,1H3. The van der Waals surface area contributed by atoms with E-state index in [1.54, 1.807) is 0 Å². The zero-order valence-corrected chi connectivity index (χ0v) is 10.5. The molecule has 1 heterocycles. The number of nitro groups is 1. The third-order valence-electron chi connectivity index (χ3n) is 3.29. The van der Waals surface area contributed by atoms with Crippen LogP contribution in [0.2, 0.25) is 0 Å². The molecule has 1 N–H and O–H groups in total. The number of hydrogen-bond acceptors (Lipinski definition) is 4. The summed E-state index contributed by atoms with van der Waals surface area (Å²) in [6.07, 6.45) is 0.946. The first-order chi connectivity index (χ1) is 8.97. The second-order valence-electron chi connectivity index (χ2n) is 4.78. The summed E-state index contributed by atoms with van der Waals surface area (Å²) in [6, 6.07) is 1.75. The van der Waals surface area contributed by atoms with Gasteiger partial charge >= 0.3 is 5.69 Å². The van der Waals surface area contributed by atoms with E-state index in [-0.39, 0.29) is 18.2 Å². The van der Waals surface area contributed by atoms with Crippen LogP contribution < -0.4 is 5.32 Å². The van der Waals surface area contributed by atoms with Crippen LogP contribution in [0.5, 0.6) is 0 Å². The molecule has 5 nitrogen and oxygen atoms in total. The zero-order chi connectivity index (χ0) is 14.0. The maximum Gasteiger partial charge on any atom is 0.305 e. The fourth-order valence-electron chi connectivity index (χ4n) is 2.21. The highest BCUT2D eigenvalue weighted by atomic mass is 19.1. The molecule has 1 aliphatic heterocycles.